The summed E-state index contributed by atoms with van der Waals surface area (Å²) in [6.45, 7) is 0.547. The van der Waals surface area contributed by atoms with Crippen molar-refractivity contribution in [3.8, 4) is 0 Å². The van der Waals surface area contributed by atoms with E-state index in [0.29, 0.717) is 6.26 Å². The molecule has 0 aliphatic carbocycles. The van der Waals surface area contributed by atoms with Crippen molar-refractivity contribution in [1.82, 2.24) is 0 Å². The Morgan fingerprint density at radius 3 is 1.52 bits per heavy atom. The summed E-state index contributed by atoms with van der Waals surface area (Å²) in [4.78, 5) is 0. The van der Waals surface area contributed by atoms with Crippen LogP contribution in [0.4, 0.5) is 48.3 Å². The molecular weight excluding hydrogens is 361 g/mol. The van der Waals surface area contributed by atoms with Crippen LogP contribution in [0.2, 0.25) is 0 Å². The molecule has 0 aromatic rings. The Balaban J connectivity index is 6.18. The van der Waals surface area contributed by atoms with Crippen LogP contribution < -0.4 is 0 Å². The van der Waals surface area contributed by atoms with Gasteiger partial charge in [0, 0.05) is 0 Å². The molecule has 136 valence electrons. The number of halogens is 11. The predicted octanol–water partition coefficient (Wildman–Crippen LogP) is 4.74. The van der Waals surface area contributed by atoms with E-state index in [0.717, 1.165) is 0 Å². The van der Waals surface area contributed by atoms with E-state index in [1.54, 1.807) is 0 Å². The Morgan fingerprint density at radius 2 is 1.22 bits per heavy atom. The van der Waals surface area contributed by atoms with Crippen LogP contribution >= 0.6 is 0 Å². The number of ether oxygens (including phenoxy) is 2. The number of alkyl halides is 11. The summed E-state index contributed by atoms with van der Waals surface area (Å²) in [5, 5.41) is 0. The Kier molecular flexibility index (Phi) is 6.32. The molecule has 0 saturated carbocycles. The molecule has 0 unspecified atom stereocenters. The van der Waals surface area contributed by atoms with Crippen LogP contribution in [-0.2, 0) is 9.47 Å². The molecule has 0 aromatic carbocycles. The predicted molar refractivity (Wildman–Crippen MR) is 52.2 cm³/mol. The molecule has 0 bridgehead atoms. The normalized spacial score (nSPS) is 13.5. The van der Waals surface area contributed by atoms with Gasteiger partial charge in [0.2, 0.25) is 0 Å². The minimum Gasteiger partial charge on any atom is -0.498 e. The van der Waals surface area contributed by atoms with Crippen molar-refractivity contribution < 1.29 is 57.8 Å². The highest BCUT2D eigenvalue weighted by atomic mass is 19.4. The van der Waals surface area contributed by atoms with Crippen molar-refractivity contribution in [2.75, 3.05) is 13.2 Å². The molecule has 0 amide bonds. The first-order valence-corrected chi connectivity index (χ1v) is 5.25. The highest BCUT2D eigenvalue weighted by Gasteiger charge is 2.67. The van der Waals surface area contributed by atoms with Gasteiger partial charge in [0.25, 0.3) is 0 Å². The maximum atomic E-state index is 13.0. The van der Waals surface area contributed by atoms with E-state index in [4.69, 9.17) is 0 Å². The van der Waals surface area contributed by atoms with E-state index in [-0.39, 0.29) is 0 Å². The van der Waals surface area contributed by atoms with Crippen LogP contribution in [0.3, 0.4) is 0 Å². The fourth-order valence-corrected chi connectivity index (χ4v) is 1.14. The van der Waals surface area contributed by atoms with Crippen molar-refractivity contribution >= 4 is 0 Å². The molecule has 2 nitrogen and oxygen atoms in total. The van der Waals surface area contributed by atoms with Gasteiger partial charge in [0.05, 0.1) is 6.26 Å². The number of rotatable bonds is 6. The van der Waals surface area contributed by atoms with Crippen LogP contribution in [0.25, 0.3) is 0 Å². The Morgan fingerprint density at radius 1 is 0.783 bits per heavy atom. The van der Waals surface area contributed by atoms with E-state index in [9.17, 15) is 48.3 Å². The second-order valence-electron chi connectivity index (χ2n) is 3.66. The molecule has 0 rings (SSSR count). The third kappa shape index (κ3) is 5.46. The van der Waals surface area contributed by atoms with Gasteiger partial charge >= 0.3 is 24.5 Å². The van der Waals surface area contributed by atoms with Gasteiger partial charge in [-0.2, -0.15) is 48.3 Å². The molecule has 13 heteroatoms. The first kappa shape index (κ1) is 21.3. The Bertz CT molecular complexity index is 425. The standard InChI is InChI=1S/C10H7F11O2/c1-2-22-3-4-23-6(7(11,12)10(19,20)21)5(8(13,14)15)9(16,17)18/h2H,1,3-4H2. The van der Waals surface area contributed by atoms with Crippen LogP contribution in [0.1, 0.15) is 0 Å². The maximum absolute atomic E-state index is 13.0. The molecule has 0 saturated heterocycles. The molecule has 0 atom stereocenters. The van der Waals surface area contributed by atoms with Gasteiger partial charge in [-0.25, -0.2) is 0 Å². The van der Waals surface area contributed by atoms with E-state index in [2.05, 4.69) is 16.1 Å². The van der Waals surface area contributed by atoms with Gasteiger partial charge in [-0.1, -0.05) is 6.58 Å². The minimum absolute atomic E-state index is 0.614. The number of hydrogen-bond acceptors (Lipinski definition) is 2. The van der Waals surface area contributed by atoms with Crippen LogP contribution in [-0.4, -0.2) is 37.7 Å². The maximum Gasteiger partial charge on any atom is 0.461 e. The first-order chi connectivity index (χ1) is 10.1. The molecule has 23 heavy (non-hydrogen) atoms. The topological polar surface area (TPSA) is 18.5 Å². The highest BCUT2D eigenvalue weighted by molar-refractivity contribution is 5.26. The average Bonchev–Trinajstić information content (AvgIpc) is 2.27. The monoisotopic (exact) mass is 368 g/mol. The minimum atomic E-state index is -6.75. The molecule has 0 heterocycles. The number of hydrogen-bond donors (Lipinski definition) is 0. The molecule has 0 aliphatic heterocycles. The van der Waals surface area contributed by atoms with E-state index < -0.39 is 49.0 Å². The zero-order valence-electron chi connectivity index (χ0n) is 10.7. The van der Waals surface area contributed by atoms with Gasteiger partial charge in [0.1, 0.15) is 13.2 Å². The summed E-state index contributed by atoms with van der Waals surface area (Å²) in [5.41, 5.74) is -4.09. The van der Waals surface area contributed by atoms with Crippen molar-refractivity contribution in [3.63, 3.8) is 0 Å². The SMILES string of the molecule is C=COCCOC(=C(C(F)(F)F)C(F)(F)F)C(F)(F)C(F)(F)F. The van der Waals surface area contributed by atoms with Crippen LogP contribution in [0.15, 0.2) is 24.2 Å². The van der Waals surface area contributed by atoms with E-state index in [1.165, 1.54) is 0 Å². The lowest BCUT2D eigenvalue weighted by Gasteiger charge is -2.27. The van der Waals surface area contributed by atoms with Crippen molar-refractivity contribution in [3.05, 3.63) is 24.2 Å². The summed E-state index contributed by atoms with van der Waals surface area (Å²) >= 11 is 0. The highest BCUT2D eigenvalue weighted by Crippen LogP contribution is 2.49. The van der Waals surface area contributed by atoms with Gasteiger partial charge in [0.15, 0.2) is 11.3 Å². The molecule has 0 aromatic heterocycles. The molecular formula is C10H7F11O2. The second-order valence-corrected chi connectivity index (χ2v) is 3.66. The lowest BCUT2D eigenvalue weighted by molar-refractivity contribution is -0.282. The summed E-state index contributed by atoms with van der Waals surface area (Å²) in [6.07, 6.45) is -19.3. The first-order valence-electron chi connectivity index (χ1n) is 5.25. The number of allylic oxidation sites excluding steroid dienone is 2. The quantitative estimate of drug-likeness (QED) is 0.383. The van der Waals surface area contributed by atoms with Crippen molar-refractivity contribution in [1.29, 1.82) is 0 Å². The van der Waals surface area contributed by atoms with Gasteiger partial charge in [-0.05, 0) is 0 Å². The lowest BCUT2D eigenvalue weighted by atomic mass is 10.1. The fourth-order valence-electron chi connectivity index (χ4n) is 1.14. The molecule has 0 fully saturated rings. The van der Waals surface area contributed by atoms with Crippen molar-refractivity contribution in [2.45, 2.75) is 24.5 Å². The zero-order chi connectivity index (χ0) is 18.7. The third-order valence-electron chi connectivity index (χ3n) is 2.00. The Labute approximate surface area is 121 Å². The van der Waals surface area contributed by atoms with Crippen molar-refractivity contribution in [2.24, 2.45) is 0 Å². The summed E-state index contributed by atoms with van der Waals surface area (Å²) in [5.74, 6) is -10.1. The fraction of sp³-hybridized carbons (Fsp3) is 0.600. The van der Waals surface area contributed by atoms with E-state index >= 15 is 0 Å². The van der Waals surface area contributed by atoms with Crippen LogP contribution in [0, 0.1) is 0 Å². The van der Waals surface area contributed by atoms with Gasteiger partial charge in [-0.15, -0.1) is 0 Å². The second kappa shape index (κ2) is 6.83. The Hall–Kier alpha value is -1.69. The molecule has 0 N–H and O–H groups in total. The van der Waals surface area contributed by atoms with E-state index in [1.807, 2.05) is 0 Å². The van der Waals surface area contributed by atoms with Gasteiger partial charge in [-0.3, -0.25) is 0 Å². The smallest absolute Gasteiger partial charge is 0.461 e. The zero-order valence-corrected chi connectivity index (χ0v) is 10.7. The summed E-state index contributed by atoms with van der Waals surface area (Å²) < 4.78 is 144. The lowest BCUT2D eigenvalue weighted by Crippen LogP contribution is -2.43. The summed E-state index contributed by atoms with van der Waals surface area (Å²) in [7, 11) is 0. The molecule has 0 aliphatic rings. The van der Waals surface area contributed by atoms with Gasteiger partial charge < -0.3 is 9.47 Å². The molecule has 0 spiro atoms. The summed E-state index contributed by atoms with van der Waals surface area (Å²) in [6, 6.07) is 0. The van der Waals surface area contributed by atoms with Crippen LogP contribution in [0.5, 0.6) is 0 Å². The third-order valence-corrected chi connectivity index (χ3v) is 2.00. The average molecular weight is 368 g/mol. The largest absolute Gasteiger partial charge is 0.498 e. The molecule has 0 radical (unpaired) electrons.